The van der Waals surface area contributed by atoms with Crippen LogP contribution in [0.4, 0.5) is 10.5 Å². The number of β-amino-alcohol motifs (C(OH)–C–C–N with tert-alkyl or cyclic N) is 1. The minimum atomic E-state index is -0.602. The number of rotatable bonds is 7. The van der Waals surface area contributed by atoms with Crippen molar-refractivity contribution < 1.29 is 19.7 Å². The lowest BCUT2D eigenvalue weighted by Crippen LogP contribution is -2.46. The summed E-state index contributed by atoms with van der Waals surface area (Å²) in [4.78, 5) is 12.1. The fourth-order valence-corrected chi connectivity index (χ4v) is 2.93. The van der Waals surface area contributed by atoms with E-state index in [-0.39, 0.29) is 24.2 Å². The van der Waals surface area contributed by atoms with E-state index < -0.39 is 12.2 Å². The van der Waals surface area contributed by atoms with Gasteiger partial charge in [0.1, 0.15) is 18.5 Å². The van der Waals surface area contributed by atoms with E-state index in [0.717, 1.165) is 25.7 Å². The summed E-state index contributed by atoms with van der Waals surface area (Å²) in [6.07, 6.45) is 2.48. The van der Waals surface area contributed by atoms with Gasteiger partial charge in [-0.3, -0.25) is 0 Å². The number of ether oxygens (including phenoxy) is 1. The van der Waals surface area contributed by atoms with Crippen LogP contribution in [-0.4, -0.2) is 53.2 Å². The summed E-state index contributed by atoms with van der Waals surface area (Å²) in [5.74, 6) is 0.624. The van der Waals surface area contributed by atoms with Gasteiger partial charge in [0, 0.05) is 17.8 Å². The van der Waals surface area contributed by atoms with Gasteiger partial charge in [0.05, 0.1) is 12.1 Å². The number of aliphatic hydroxyl groups is 2. The van der Waals surface area contributed by atoms with Crippen molar-refractivity contribution in [3.05, 3.63) is 24.3 Å². The molecule has 1 aromatic rings. The topological polar surface area (TPSA) is 103 Å². The first kappa shape index (κ1) is 21.5. The highest BCUT2D eigenvalue weighted by Crippen LogP contribution is 2.19. The molecule has 1 aromatic carbocycles. The second kappa shape index (κ2) is 9.92. The zero-order valence-electron chi connectivity index (χ0n) is 16.5. The fourth-order valence-electron chi connectivity index (χ4n) is 2.93. The molecule has 0 aliphatic heterocycles. The third kappa shape index (κ3) is 8.15. The molecular formula is C20H33N3O4. The summed E-state index contributed by atoms with van der Waals surface area (Å²) in [6, 6.07) is 6.46. The summed E-state index contributed by atoms with van der Waals surface area (Å²) in [5.41, 5.74) is 0.586. The van der Waals surface area contributed by atoms with Gasteiger partial charge >= 0.3 is 6.03 Å². The number of hydrogen-bond acceptors (Lipinski definition) is 5. The van der Waals surface area contributed by atoms with Crippen LogP contribution in [0.15, 0.2) is 24.3 Å². The maximum atomic E-state index is 12.1. The van der Waals surface area contributed by atoms with Gasteiger partial charge in [0.15, 0.2) is 0 Å². The molecule has 0 radical (unpaired) electrons. The third-order valence-corrected chi connectivity index (χ3v) is 4.47. The first-order valence-electron chi connectivity index (χ1n) is 9.64. The molecule has 27 heavy (non-hydrogen) atoms. The van der Waals surface area contributed by atoms with Gasteiger partial charge in [-0.1, -0.05) is 12.8 Å². The van der Waals surface area contributed by atoms with E-state index in [0.29, 0.717) is 18.0 Å². The molecular weight excluding hydrogens is 346 g/mol. The van der Waals surface area contributed by atoms with E-state index in [2.05, 4.69) is 16.0 Å². The molecule has 7 nitrogen and oxygen atoms in total. The Balaban J connectivity index is 1.73. The van der Waals surface area contributed by atoms with Crippen LogP contribution in [0.3, 0.4) is 0 Å². The van der Waals surface area contributed by atoms with E-state index in [4.69, 9.17) is 4.74 Å². The Hall–Kier alpha value is -1.83. The summed E-state index contributed by atoms with van der Waals surface area (Å²) in [7, 11) is 0. The van der Waals surface area contributed by atoms with E-state index in [9.17, 15) is 15.0 Å². The summed E-state index contributed by atoms with van der Waals surface area (Å²) in [5, 5.41) is 28.7. The summed E-state index contributed by atoms with van der Waals surface area (Å²) < 4.78 is 5.58. The molecule has 3 atom stereocenters. The lowest BCUT2D eigenvalue weighted by Gasteiger charge is -2.28. The Bertz CT molecular complexity index is 586. The van der Waals surface area contributed by atoms with E-state index in [1.165, 1.54) is 0 Å². The van der Waals surface area contributed by atoms with E-state index in [1.54, 1.807) is 24.3 Å². The van der Waals surface area contributed by atoms with Crippen LogP contribution < -0.4 is 20.7 Å². The van der Waals surface area contributed by atoms with Crippen molar-refractivity contribution in [2.45, 2.75) is 70.2 Å². The largest absolute Gasteiger partial charge is 0.491 e. The molecule has 7 heteroatoms. The predicted molar refractivity (Wildman–Crippen MR) is 106 cm³/mol. The van der Waals surface area contributed by atoms with Crippen LogP contribution in [0.5, 0.6) is 5.75 Å². The normalized spacial score (nSPS) is 21.4. The molecule has 0 heterocycles. The number of benzene rings is 1. The van der Waals surface area contributed by atoms with Gasteiger partial charge in [-0.25, -0.2) is 4.79 Å². The van der Waals surface area contributed by atoms with Crippen molar-refractivity contribution in [1.29, 1.82) is 0 Å². The van der Waals surface area contributed by atoms with Crippen molar-refractivity contribution in [2.75, 3.05) is 18.5 Å². The van der Waals surface area contributed by atoms with Gasteiger partial charge in [-0.15, -0.1) is 0 Å². The molecule has 2 amide bonds. The van der Waals surface area contributed by atoms with Crippen LogP contribution in [0, 0.1) is 0 Å². The van der Waals surface area contributed by atoms with Gasteiger partial charge in [0.25, 0.3) is 0 Å². The van der Waals surface area contributed by atoms with Crippen molar-refractivity contribution in [3.8, 4) is 5.75 Å². The van der Waals surface area contributed by atoms with Gasteiger partial charge in [-0.2, -0.15) is 0 Å². The highest BCUT2D eigenvalue weighted by molar-refractivity contribution is 5.89. The zero-order valence-corrected chi connectivity index (χ0v) is 16.5. The van der Waals surface area contributed by atoms with Gasteiger partial charge in [0.2, 0.25) is 0 Å². The zero-order chi connectivity index (χ0) is 19.9. The SMILES string of the molecule is CC(C)(C)NCC(O)COc1ccc(NC(=O)N[C@H]2CCCC[C@H]2O)cc1. The quantitative estimate of drug-likeness (QED) is 0.500. The van der Waals surface area contributed by atoms with E-state index >= 15 is 0 Å². The Morgan fingerprint density at radius 3 is 2.52 bits per heavy atom. The molecule has 0 spiro atoms. The Morgan fingerprint density at radius 2 is 1.89 bits per heavy atom. The van der Waals surface area contributed by atoms with Crippen molar-refractivity contribution in [2.24, 2.45) is 0 Å². The summed E-state index contributed by atoms with van der Waals surface area (Å²) in [6.45, 7) is 6.76. The average molecular weight is 380 g/mol. The molecule has 1 aliphatic rings. The maximum Gasteiger partial charge on any atom is 0.319 e. The Morgan fingerprint density at radius 1 is 1.22 bits per heavy atom. The molecule has 1 unspecified atom stereocenters. The number of urea groups is 1. The number of aliphatic hydroxyl groups excluding tert-OH is 2. The molecule has 152 valence electrons. The molecule has 1 aliphatic carbocycles. The smallest absolute Gasteiger partial charge is 0.319 e. The minimum absolute atomic E-state index is 0.0530. The lowest BCUT2D eigenvalue weighted by atomic mass is 9.93. The number of carbonyl (C=O) groups is 1. The molecule has 0 bridgehead atoms. The predicted octanol–water partition coefficient (Wildman–Crippen LogP) is 2.24. The van der Waals surface area contributed by atoms with Crippen molar-refractivity contribution in [3.63, 3.8) is 0 Å². The molecule has 1 fully saturated rings. The van der Waals surface area contributed by atoms with Gasteiger partial charge < -0.3 is 30.9 Å². The molecule has 0 saturated heterocycles. The number of nitrogens with one attached hydrogen (secondary N) is 3. The van der Waals surface area contributed by atoms with Crippen molar-refractivity contribution >= 4 is 11.7 Å². The van der Waals surface area contributed by atoms with E-state index in [1.807, 2.05) is 20.8 Å². The highest BCUT2D eigenvalue weighted by atomic mass is 16.5. The number of carbonyl (C=O) groups excluding carboxylic acids is 1. The maximum absolute atomic E-state index is 12.1. The minimum Gasteiger partial charge on any atom is -0.491 e. The number of anilines is 1. The first-order chi connectivity index (χ1) is 12.7. The molecule has 1 saturated carbocycles. The van der Waals surface area contributed by atoms with Gasteiger partial charge in [-0.05, 0) is 57.9 Å². The van der Waals surface area contributed by atoms with Crippen LogP contribution in [0.2, 0.25) is 0 Å². The Labute approximate surface area is 161 Å². The molecule has 2 rings (SSSR count). The molecule has 0 aromatic heterocycles. The van der Waals surface area contributed by atoms with Crippen LogP contribution in [0.25, 0.3) is 0 Å². The second-order valence-corrected chi connectivity index (χ2v) is 8.18. The second-order valence-electron chi connectivity index (χ2n) is 8.18. The Kier molecular flexibility index (Phi) is 7.89. The fraction of sp³-hybridized carbons (Fsp3) is 0.650. The average Bonchev–Trinajstić information content (AvgIpc) is 2.61. The number of hydrogen-bond donors (Lipinski definition) is 5. The van der Waals surface area contributed by atoms with Crippen molar-refractivity contribution in [1.82, 2.24) is 10.6 Å². The van der Waals surface area contributed by atoms with Crippen LogP contribution >= 0.6 is 0 Å². The monoisotopic (exact) mass is 379 g/mol. The number of amides is 2. The lowest BCUT2D eigenvalue weighted by molar-refractivity contribution is 0.0955. The van der Waals surface area contributed by atoms with Crippen LogP contribution in [-0.2, 0) is 0 Å². The highest BCUT2D eigenvalue weighted by Gasteiger charge is 2.24. The standard InChI is InChI=1S/C20H33N3O4/c1-20(2,3)21-12-15(24)13-27-16-10-8-14(9-11-16)22-19(26)23-17-6-4-5-7-18(17)25/h8-11,15,17-18,21,24-25H,4-7,12-13H2,1-3H3,(H2,22,23,26)/t15?,17-,18+/m0/s1. The van der Waals surface area contributed by atoms with Crippen LogP contribution in [0.1, 0.15) is 46.5 Å². The summed E-state index contributed by atoms with van der Waals surface area (Å²) >= 11 is 0. The third-order valence-electron chi connectivity index (χ3n) is 4.47. The first-order valence-corrected chi connectivity index (χ1v) is 9.64. The molecule has 5 N–H and O–H groups in total.